The summed E-state index contributed by atoms with van der Waals surface area (Å²) >= 11 is 0. The molecule has 2 aromatic heterocycles. The monoisotopic (exact) mass is 1110 g/mol. The van der Waals surface area contributed by atoms with Crippen LogP contribution in [0.5, 0.6) is 0 Å². The van der Waals surface area contributed by atoms with Crippen molar-refractivity contribution < 1.29 is 77.6 Å². The van der Waals surface area contributed by atoms with Crippen molar-refractivity contribution in [1.82, 2.24) is 46.0 Å². The first-order valence-corrected chi connectivity index (χ1v) is 24.4. The number of nitrogens with one attached hydrogen (secondary N) is 4. The largest absolute Gasteiger partial charge is 0.453 e. The topological polar surface area (TPSA) is 188 Å². The minimum absolute atomic E-state index is 0.220. The Bertz CT molecular complexity index is 2720. The van der Waals surface area contributed by atoms with Crippen molar-refractivity contribution in [1.29, 1.82) is 0 Å². The van der Waals surface area contributed by atoms with Gasteiger partial charge in [0, 0.05) is 86.5 Å². The third-order valence-electron chi connectivity index (χ3n) is 13.8. The van der Waals surface area contributed by atoms with Gasteiger partial charge in [-0.1, -0.05) is 24.0 Å². The normalized spacial score (nSPS) is 16.4. The molecule has 0 radical (unpaired) electrons. The highest BCUT2D eigenvalue weighted by Gasteiger charge is 2.56. The smallest absolute Gasteiger partial charge is 0.407 e. The Morgan fingerprint density at radius 3 is 1.95 bits per heavy atom. The fourth-order valence-electron chi connectivity index (χ4n) is 8.35. The number of ether oxygens (including phenoxy) is 3. The fraction of sp³-hybridized carbons (Fsp3) is 0.510. The zero-order valence-electron chi connectivity index (χ0n) is 43.2. The Balaban J connectivity index is 1.30. The van der Waals surface area contributed by atoms with Crippen molar-refractivity contribution in [3.8, 4) is 23.1 Å². The van der Waals surface area contributed by atoms with Crippen LogP contribution in [0.1, 0.15) is 56.5 Å². The molecule has 17 nitrogen and oxygen atoms in total. The summed E-state index contributed by atoms with van der Waals surface area (Å²) in [6.45, 7) is 1.76. The lowest BCUT2D eigenvalue weighted by Gasteiger charge is -2.42. The third kappa shape index (κ3) is 15.1. The van der Waals surface area contributed by atoms with Gasteiger partial charge in [0.05, 0.1) is 62.1 Å². The number of hydrogen-bond donors (Lipinski definition) is 5. The lowest BCUT2D eigenvalue weighted by molar-refractivity contribution is -0.221. The number of alkyl halides is 8. The lowest BCUT2D eigenvalue weighted by Crippen LogP contribution is -2.62. The molecule has 78 heavy (non-hydrogen) atoms. The fourth-order valence-corrected chi connectivity index (χ4v) is 8.35. The van der Waals surface area contributed by atoms with Gasteiger partial charge in [-0.05, 0) is 82.1 Å². The highest BCUT2D eigenvalue weighted by Crippen LogP contribution is 2.42. The van der Waals surface area contributed by atoms with Gasteiger partial charge in [0.1, 0.15) is 23.5 Å². The van der Waals surface area contributed by atoms with Gasteiger partial charge >= 0.3 is 31.1 Å². The molecule has 3 amide bonds. The number of benzene rings is 2. The Kier molecular flexibility index (Phi) is 19.7. The SMILES string of the molecule is COC(=O)N[C@H](C(=O)NN(Cc1c(F)cc(-c2ccn(C(F)F)n2)cc1F)C[C@H](O)[C@H](Cc1ccc(C#Cc2ccc(N3CCN(C4COC4)CC3)nc2)cc1)NC[C@@H](NC(=O)OC)C(C)(C)C(F)(F)F)C(C)(C)C(F)(F)F. The molecule has 0 bridgehead atoms. The Hall–Kier alpha value is -6.73. The summed E-state index contributed by atoms with van der Waals surface area (Å²) in [6.07, 6.45) is -12.5. The van der Waals surface area contributed by atoms with Crippen LogP contribution in [-0.2, 0) is 32.0 Å². The number of rotatable bonds is 20. The van der Waals surface area contributed by atoms with E-state index in [2.05, 4.69) is 57.3 Å². The number of hydrogen-bond acceptors (Lipinski definition) is 13. The number of aliphatic hydroxyl groups excluding tert-OH is 1. The standard InChI is InChI=1S/C51H60F10N10O7/c1-48(2,50(56,57)58)41(64-46(74)76-5)25-62-39(21-31-10-7-30(8-11-31)9-12-32-13-14-42(63-24-32)69-19-17-68(18-20-69)34-28-78-29-34)40(72)27-70(67-44(73)43(65-47(75)77-6)49(3,4)51(59,60)61)26-35-36(52)22-33(23-37(35)53)38-15-16-71(66-38)45(54)55/h7-8,10-11,13-16,22-24,34,39-41,43,45,62,72H,17-21,25-29H2,1-6H3,(H,64,74)(H,65,75)(H,67,73)/t39-,40-,41+,43+/m0/s1. The zero-order valence-corrected chi connectivity index (χ0v) is 43.2. The molecular formula is C51H60F10N10O7. The van der Waals surface area contributed by atoms with Gasteiger partial charge in [0.2, 0.25) is 0 Å². The number of aromatic nitrogens is 3. The highest BCUT2D eigenvalue weighted by molar-refractivity contribution is 5.86. The van der Waals surface area contributed by atoms with Crippen LogP contribution in [0.15, 0.2) is 67.0 Å². The first kappa shape index (κ1) is 60.5. The van der Waals surface area contributed by atoms with Crippen molar-refractivity contribution in [2.75, 3.05) is 71.6 Å². The maximum Gasteiger partial charge on any atom is 0.407 e. The Morgan fingerprint density at radius 1 is 0.833 bits per heavy atom. The van der Waals surface area contributed by atoms with E-state index in [4.69, 9.17) is 4.74 Å². The number of pyridine rings is 1. The van der Waals surface area contributed by atoms with Gasteiger partial charge in [-0.3, -0.25) is 15.1 Å². The summed E-state index contributed by atoms with van der Waals surface area (Å²) in [5, 5.41) is 23.1. The number of hydrazine groups is 1. The van der Waals surface area contributed by atoms with E-state index in [9.17, 15) is 54.6 Å². The predicted octanol–water partition coefficient (Wildman–Crippen LogP) is 6.56. The number of piperazine rings is 1. The lowest BCUT2D eigenvalue weighted by atomic mass is 9.83. The zero-order chi connectivity index (χ0) is 57.3. The van der Waals surface area contributed by atoms with Crippen LogP contribution in [0.2, 0.25) is 0 Å². The van der Waals surface area contributed by atoms with Crippen LogP contribution in [0.4, 0.5) is 59.3 Å². The minimum Gasteiger partial charge on any atom is -0.453 e. The van der Waals surface area contributed by atoms with Crippen molar-refractivity contribution >= 4 is 23.9 Å². The highest BCUT2D eigenvalue weighted by atomic mass is 19.4. The van der Waals surface area contributed by atoms with E-state index in [-0.39, 0.29) is 22.4 Å². The van der Waals surface area contributed by atoms with Crippen molar-refractivity contribution in [2.45, 2.75) is 89.8 Å². The minimum atomic E-state index is -5.19. The van der Waals surface area contributed by atoms with Gasteiger partial charge < -0.3 is 40.2 Å². The molecule has 0 unspecified atom stereocenters. The average Bonchev–Trinajstić information content (AvgIpc) is 3.92. The van der Waals surface area contributed by atoms with Crippen molar-refractivity contribution in [3.05, 3.63) is 101 Å². The summed E-state index contributed by atoms with van der Waals surface area (Å²) in [6, 6.07) is 7.33. The van der Waals surface area contributed by atoms with Gasteiger partial charge in [0.15, 0.2) is 0 Å². The average molecular weight is 1120 g/mol. The summed E-state index contributed by atoms with van der Waals surface area (Å²) in [5.74, 6) is 2.52. The molecule has 0 saturated carbocycles. The molecule has 5 N–H and O–H groups in total. The number of halogens is 10. The summed E-state index contributed by atoms with van der Waals surface area (Å²) in [7, 11) is 1.73. The third-order valence-corrected chi connectivity index (χ3v) is 13.8. The number of methoxy groups -OCH3 is 2. The van der Waals surface area contributed by atoms with E-state index < -0.39 is 109 Å². The van der Waals surface area contributed by atoms with Crippen LogP contribution in [0.3, 0.4) is 0 Å². The van der Waals surface area contributed by atoms with Crippen LogP contribution in [-0.4, -0.2) is 157 Å². The van der Waals surface area contributed by atoms with E-state index in [0.717, 1.165) is 85.5 Å². The molecule has 4 heterocycles. The maximum absolute atomic E-state index is 16.0. The number of carbonyl (C=O) groups is 3. The molecular weight excluding hydrogens is 1050 g/mol. The molecule has 2 saturated heterocycles. The second-order valence-electron chi connectivity index (χ2n) is 19.8. The quantitative estimate of drug-likeness (QED) is 0.0364. The van der Waals surface area contributed by atoms with E-state index in [1.54, 1.807) is 30.5 Å². The second kappa shape index (κ2) is 25.4. The van der Waals surface area contributed by atoms with E-state index in [0.29, 0.717) is 53.7 Å². The van der Waals surface area contributed by atoms with Gasteiger partial charge in [-0.15, -0.1) is 0 Å². The van der Waals surface area contributed by atoms with Gasteiger partial charge in [-0.25, -0.2) is 33.0 Å². The number of anilines is 1. The molecule has 2 aromatic carbocycles. The van der Waals surface area contributed by atoms with Crippen LogP contribution in [0.25, 0.3) is 11.3 Å². The van der Waals surface area contributed by atoms with Crippen LogP contribution < -0.4 is 26.3 Å². The van der Waals surface area contributed by atoms with E-state index in [1.165, 1.54) is 0 Å². The summed E-state index contributed by atoms with van der Waals surface area (Å²) < 4.78 is 160. The van der Waals surface area contributed by atoms with Crippen LogP contribution >= 0.6 is 0 Å². The molecule has 426 valence electrons. The predicted molar refractivity (Wildman–Crippen MR) is 262 cm³/mol. The number of aliphatic hydroxyl groups is 1. The molecule has 4 aromatic rings. The molecule has 27 heteroatoms. The molecule has 2 aliphatic rings. The molecule has 0 aliphatic carbocycles. The number of amides is 3. The molecule has 4 atom stereocenters. The molecule has 2 fully saturated rings. The molecule has 0 spiro atoms. The maximum atomic E-state index is 16.0. The number of nitrogens with zero attached hydrogens (tertiary/aromatic N) is 6. The van der Waals surface area contributed by atoms with Crippen molar-refractivity contribution in [3.63, 3.8) is 0 Å². The Labute approximate surface area is 442 Å². The Morgan fingerprint density at radius 2 is 1.42 bits per heavy atom. The second-order valence-corrected chi connectivity index (χ2v) is 19.8. The van der Waals surface area contributed by atoms with E-state index >= 15 is 8.78 Å². The molecule has 2 aliphatic heterocycles. The first-order valence-electron chi connectivity index (χ1n) is 24.4. The number of carbonyl (C=O) groups excluding carboxylic acids is 3. The molecule has 6 rings (SSSR count). The van der Waals surface area contributed by atoms with Crippen LogP contribution in [0, 0.1) is 34.3 Å². The van der Waals surface area contributed by atoms with Gasteiger partial charge in [-0.2, -0.15) is 40.2 Å². The van der Waals surface area contributed by atoms with Gasteiger partial charge in [0.25, 0.3) is 5.91 Å². The summed E-state index contributed by atoms with van der Waals surface area (Å²) in [4.78, 5) is 47.9. The van der Waals surface area contributed by atoms with Crippen molar-refractivity contribution in [2.24, 2.45) is 10.8 Å². The first-order chi connectivity index (χ1) is 36.6. The number of alkyl carbamates (subject to hydrolysis) is 2. The van der Waals surface area contributed by atoms with E-state index in [1.807, 2.05) is 17.4 Å². The summed E-state index contributed by atoms with van der Waals surface area (Å²) in [5.41, 5.74) is -3.54.